The molecule has 148 valence electrons. The standard InChI is InChI=1S/C14H28N2O9/c1-22-7-4-23-6(3-18)13(12(21)8(7)15)25-14-9(16)11(20)10(19)5(2-17)24-14/h5-14,17-21H,2-4,15-16H2,1H3. The molecule has 0 aliphatic carbocycles. The number of methoxy groups -OCH3 is 1. The van der Waals surface area contributed by atoms with Crippen LogP contribution in [0.1, 0.15) is 0 Å². The summed E-state index contributed by atoms with van der Waals surface area (Å²) < 4.78 is 21.7. The first kappa shape index (κ1) is 20.9. The zero-order chi connectivity index (χ0) is 18.7. The van der Waals surface area contributed by atoms with Crippen molar-refractivity contribution in [2.75, 3.05) is 26.9 Å². The van der Waals surface area contributed by atoms with Gasteiger partial charge in [0.25, 0.3) is 0 Å². The van der Waals surface area contributed by atoms with E-state index in [0.717, 1.165) is 0 Å². The normalized spacial score (nSPS) is 49.0. The molecule has 2 aliphatic heterocycles. The van der Waals surface area contributed by atoms with Gasteiger partial charge in [0.2, 0.25) is 0 Å². The molecule has 0 aromatic carbocycles. The molecule has 10 unspecified atom stereocenters. The third kappa shape index (κ3) is 4.28. The molecule has 0 saturated carbocycles. The van der Waals surface area contributed by atoms with E-state index in [2.05, 4.69) is 0 Å². The highest BCUT2D eigenvalue weighted by Gasteiger charge is 2.47. The summed E-state index contributed by atoms with van der Waals surface area (Å²) in [6.07, 6.45) is -9.13. The summed E-state index contributed by atoms with van der Waals surface area (Å²) in [6.45, 7) is -0.997. The minimum Gasteiger partial charge on any atom is -0.394 e. The summed E-state index contributed by atoms with van der Waals surface area (Å²) in [4.78, 5) is 0. The maximum Gasteiger partial charge on any atom is 0.176 e. The second kappa shape index (κ2) is 8.97. The summed E-state index contributed by atoms with van der Waals surface area (Å²) in [5, 5.41) is 49.1. The van der Waals surface area contributed by atoms with E-state index < -0.39 is 74.3 Å². The highest BCUT2D eigenvalue weighted by Crippen LogP contribution is 2.26. The molecule has 11 heteroatoms. The van der Waals surface area contributed by atoms with E-state index in [9.17, 15) is 25.5 Å². The summed E-state index contributed by atoms with van der Waals surface area (Å²) in [5.41, 5.74) is 11.8. The Labute approximate surface area is 145 Å². The van der Waals surface area contributed by atoms with E-state index in [1.807, 2.05) is 0 Å². The lowest BCUT2D eigenvalue weighted by Crippen LogP contribution is -2.64. The monoisotopic (exact) mass is 368 g/mol. The Hall–Kier alpha value is -0.440. The minimum absolute atomic E-state index is 0.0397. The Morgan fingerprint density at radius 2 is 1.60 bits per heavy atom. The van der Waals surface area contributed by atoms with Crippen molar-refractivity contribution in [3.05, 3.63) is 0 Å². The van der Waals surface area contributed by atoms with Gasteiger partial charge in [-0.3, -0.25) is 0 Å². The average molecular weight is 368 g/mol. The van der Waals surface area contributed by atoms with Crippen LogP contribution in [0.25, 0.3) is 0 Å². The van der Waals surface area contributed by atoms with Crippen LogP contribution in [0.2, 0.25) is 0 Å². The van der Waals surface area contributed by atoms with Crippen LogP contribution in [0.15, 0.2) is 0 Å². The maximum atomic E-state index is 10.5. The molecular formula is C14H28N2O9. The SMILES string of the molecule is COC1COC(CO)C(OC2OC(CO)C(O)C(O)C2N)C(O)C1N. The topological polar surface area (TPSA) is 190 Å². The number of rotatable bonds is 5. The van der Waals surface area contributed by atoms with Crippen molar-refractivity contribution in [1.82, 2.24) is 0 Å². The first-order chi connectivity index (χ1) is 11.8. The molecule has 0 spiro atoms. The van der Waals surface area contributed by atoms with Crippen molar-refractivity contribution in [2.45, 2.75) is 61.1 Å². The fourth-order valence-electron chi connectivity index (χ4n) is 3.01. The van der Waals surface area contributed by atoms with Gasteiger partial charge in [-0.1, -0.05) is 0 Å². The lowest BCUT2D eigenvalue weighted by molar-refractivity contribution is -0.295. The van der Waals surface area contributed by atoms with Gasteiger partial charge in [-0.2, -0.15) is 0 Å². The number of nitrogens with two attached hydrogens (primary N) is 2. The van der Waals surface area contributed by atoms with Gasteiger partial charge >= 0.3 is 0 Å². The first-order valence-electron chi connectivity index (χ1n) is 8.08. The average Bonchev–Trinajstić information content (AvgIpc) is 2.73. The summed E-state index contributed by atoms with van der Waals surface area (Å²) >= 11 is 0. The molecule has 2 heterocycles. The van der Waals surface area contributed by atoms with Crippen LogP contribution in [-0.4, -0.2) is 114 Å². The van der Waals surface area contributed by atoms with Gasteiger partial charge in [0, 0.05) is 7.11 Å². The van der Waals surface area contributed by atoms with Crippen LogP contribution in [0.4, 0.5) is 0 Å². The Kier molecular flexibility index (Phi) is 7.49. The van der Waals surface area contributed by atoms with E-state index >= 15 is 0 Å². The van der Waals surface area contributed by atoms with E-state index in [1.54, 1.807) is 0 Å². The maximum absolute atomic E-state index is 10.5. The van der Waals surface area contributed by atoms with Crippen molar-refractivity contribution >= 4 is 0 Å². The van der Waals surface area contributed by atoms with Gasteiger partial charge in [-0.05, 0) is 0 Å². The van der Waals surface area contributed by atoms with Crippen LogP contribution in [0.3, 0.4) is 0 Å². The third-order valence-electron chi connectivity index (χ3n) is 4.70. The summed E-state index contributed by atoms with van der Waals surface area (Å²) in [5.74, 6) is 0. The molecule has 2 rings (SSSR count). The molecule has 2 aliphatic rings. The van der Waals surface area contributed by atoms with Crippen molar-refractivity contribution < 1.29 is 44.5 Å². The van der Waals surface area contributed by atoms with Crippen LogP contribution in [-0.2, 0) is 18.9 Å². The zero-order valence-corrected chi connectivity index (χ0v) is 13.9. The molecule has 0 amide bonds. The van der Waals surface area contributed by atoms with Gasteiger partial charge in [0.1, 0.15) is 36.6 Å². The van der Waals surface area contributed by atoms with E-state index in [1.165, 1.54) is 7.11 Å². The van der Waals surface area contributed by atoms with Gasteiger partial charge < -0.3 is 55.9 Å². The Bertz CT molecular complexity index is 416. The Morgan fingerprint density at radius 1 is 0.960 bits per heavy atom. The van der Waals surface area contributed by atoms with Crippen LogP contribution in [0.5, 0.6) is 0 Å². The molecule has 10 atom stereocenters. The van der Waals surface area contributed by atoms with Crippen LogP contribution >= 0.6 is 0 Å². The van der Waals surface area contributed by atoms with Crippen molar-refractivity contribution in [2.24, 2.45) is 11.5 Å². The number of hydrogen-bond donors (Lipinski definition) is 7. The Balaban J connectivity index is 2.16. The Morgan fingerprint density at radius 3 is 2.16 bits per heavy atom. The largest absolute Gasteiger partial charge is 0.394 e. The van der Waals surface area contributed by atoms with Crippen molar-refractivity contribution in [3.8, 4) is 0 Å². The van der Waals surface area contributed by atoms with Gasteiger partial charge in [0.05, 0.1) is 38.0 Å². The summed E-state index contributed by atoms with van der Waals surface area (Å²) in [6, 6.07) is -2.02. The fourth-order valence-corrected chi connectivity index (χ4v) is 3.01. The quantitative estimate of drug-likeness (QED) is 0.246. The lowest BCUT2D eigenvalue weighted by Gasteiger charge is -2.43. The third-order valence-corrected chi connectivity index (χ3v) is 4.70. The lowest BCUT2D eigenvalue weighted by atomic mass is 9.96. The van der Waals surface area contributed by atoms with Gasteiger partial charge in [-0.25, -0.2) is 0 Å². The highest BCUT2D eigenvalue weighted by molar-refractivity contribution is 4.96. The zero-order valence-electron chi connectivity index (χ0n) is 13.9. The predicted octanol–water partition coefficient (Wildman–Crippen LogP) is -4.77. The molecule has 0 aromatic rings. The van der Waals surface area contributed by atoms with Crippen LogP contribution < -0.4 is 11.5 Å². The molecule has 0 bridgehead atoms. The molecule has 2 fully saturated rings. The molecule has 9 N–H and O–H groups in total. The predicted molar refractivity (Wildman–Crippen MR) is 82.2 cm³/mol. The highest BCUT2D eigenvalue weighted by atomic mass is 16.7. The van der Waals surface area contributed by atoms with Gasteiger partial charge in [-0.15, -0.1) is 0 Å². The molecule has 25 heavy (non-hydrogen) atoms. The van der Waals surface area contributed by atoms with Gasteiger partial charge in [0.15, 0.2) is 6.29 Å². The number of aliphatic hydroxyl groups is 5. The molecule has 0 aromatic heterocycles. The molecule has 0 radical (unpaired) electrons. The number of hydrogen-bond acceptors (Lipinski definition) is 11. The van der Waals surface area contributed by atoms with E-state index in [-0.39, 0.29) is 6.61 Å². The minimum atomic E-state index is -1.41. The second-order valence-corrected chi connectivity index (χ2v) is 6.28. The smallest absolute Gasteiger partial charge is 0.176 e. The van der Waals surface area contributed by atoms with Crippen molar-refractivity contribution in [1.29, 1.82) is 0 Å². The van der Waals surface area contributed by atoms with Crippen LogP contribution in [0, 0.1) is 0 Å². The first-order valence-corrected chi connectivity index (χ1v) is 8.08. The number of ether oxygens (including phenoxy) is 4. The van der Waals surface area contributed by atoms with Crippen molar-refractivity contribution in [3.63, 3.8) is 0 Å². The second-order valence-electron chi connectivity index (χ2n) is 6.28. The number of aliphatic hydroxyl groups excluding tert-OH is 5. The molecular weight excluding hydrogens is 340 g/mol. The van der Waals surface area contributed by atoms with E-state index in [4.69, 9.17) is 30.4 Å². The van der Waals surface area contributed by atoms with E-state index in [0.29, 0.717) is 0 Å². The fraction of sp³-hybridized carbons (Fsp3) is 1.00. The molecule has 11 nitrogen and oxygen atoms in total. The molecule has 2 saturated heterocycles. The summed E-state index contributed by atoms with van der Waals surface area (Å²) in [7, 11) is 1.42.